The number of hydrogen-bond donors (Lipinski definition) is 1. The number of hydrogen-bond acceptors (Lipinski definition) is 2. The second-order valence-electron chi connectivity index (χ2n) is 7.97. The molecule has 0 aliphatic rings. The largest absolute Gasteiger partial charge is 0.349 e. The number of rotatable bonds is 6. The van der Waals surface area contributed by atoms with E-state index in [0.29, 0.717) is 23.5 Å². The van der Waals surface area contributed by atoms with Crippen LogP contribution in [-0.2, 0) is 6.54 Å². The number of nitrogens with zero attached hydrogens (tertiary/aromatic N) is 2. The summed E-state index contributed by atoms with van der Waals surface area (Å²) in [5.41, 5.74) is 4.19. The van der Waals surface area contributed by atoms with Crippen molar-refractivity contribution in [1.82, 2.24) is 9.78 Å². The molecule has 0 aliphatic carbocycles. The highest BCUT2D eigenvalue weighted by Gasteiger charge is 2.13. The molecule has 0 saturated carbocycles. The van der Waals surface area contributed by atoms with Crippen molar-refractivity contribution < 1.29 is 17.6 Å². The maximum Gasteiger partial charge on any atom is 0.149 e. The topological polar surface area (TPSA) is 29.9 Å². The van der Waals surface area contributed by atoms with Crippen molar-refractivity contribution >= 4 is 33.4 Å². The fraction of sp³-hybridized carbons (Fsp3) is 0.107. The first kappa shape index (κ1) is 26.9. The van der Waals surface area contributed by atoms with Crippen LogP contribution in [-0.4, -0.2) is 9.78 Å². The fourth-order valence-electron chi connectivity index (χ4n) is 3.29. The van der Waals surface area contributed by atoms with Gasteiger partial charge in [-0.2, -0.15) is 5.10 Å². The second kappa shape index (κ2) is 11.9. The van der Waals surface area contributed by atoms with E-state index in [4.69, 9.17) is 0 Å². The average molecular weight is 558 g/mol. The number of nitrogens with one attached hydrogen (secondary N) is 1. The molecule has 4 aromatic rings. The highest BCUT2D eigenvalue weighted by atomic mass is 79.9. The average Bonchev–Trinajstić information content (AvgIpc) is 3.19. The molecule has 1 N–H and O–H groups in total. The SMILES string of the molecule is C=C(Nc1c(F)cccc1F)c1cc(C)n(Cc2cc(Br)ccc2C)n1.C=Cc1ccc(F)cc1F. The molecule has 0 unspecified atom stereocenters. The lowest BCUT2D eigenvalue weighted by Crippen LogP contribution is -2.07. The summed E-state index contributed by atoms with van der Waals surface area (Å²) in [4.78, 5) is 0. The van der Waals surface area contributed by atoms with Crippen molar-refractivity contribution in [1.29, 1.82) is 0 Å². The van der Waals surface area contributed by atoms with E-state index >= 15 is 0 Å². The number of benzene rings is 3. The molecule has 0 atom stereocenters. The Bertz CT molecular complexity index is 1390. The van der Waals surface area contributed by atoms with Crippen molar-refractivity contribution in [2.24, 2.45) is 0 Å². The minimum Gasteiger partial charge on any atom is -0.349 e. The quantitative estimate of drug-likeness (QED) is 0.242. The number of halogens is 5. The molecule has 0 spiro atoms. The van der Waals surface area contributed by atoms with E-state index in [9.17, 15) is 17.6 Å². The van der Waals surface area contributed by atoms with Gasteiger partial charge in [0.15, 0.2) is 0 Å². The lowest BCUT2D eigenvalue weighted by molar-refractivity contribution is 0.581. The van der Waals surface area contributed by atoms with Gasteiger partial charge in [0, 0.05) is 21.8 Å². The van der Waals surface area contributed by atoms with Crippen molar-refractivity contribution in [2.75, 3.05) is 5.32 Å². The van der Waals surface area contributed by atoms with Gasteiger partial charge in [-0.1, -0.05) is 47.3 Å². The first-order valence-electron chi connectivity index (χ1n) is 10.9. The first-order chi connectivity index (χ1) is 17.1. The molecular weight excluding hydrogens is 534 g/mol. The number of aromatic nitrogens is 2. The van der Waals surface area contributed by atoms with Crippen LogP contribution in [0.15, 0.2) is 78.3 Å². The van der Waals surface area contributed by atoms with Gasteiger partial charge >= 0.3 is 0 Å². The molecule has 0 saturated heterocycles. The van der Waals surface area contributed by atoms with Crippen molar-refractivity contribution in [3.05, 3.63) is 130 Å². The Hall–Kier alpha value is -3.65. The molecule has 8 heteroatoms. The Morgan fingerprint density at radius 2 is 1.67 bits per heavy atom. The van der Waals surface area contributed by atoms with Crippen LogP contribution in [0, 0.1) is 37.1 Å². The molecular formula is C28H24BrF4N3. The third-order valence-electron chi connectivity index (χ3n) is 5.34. The molecule has 1 aromatic heterocycles. The first-order valence-corrected chi connectivity index (χ1v) is 11.7. The van der Waals surface area contributed by atoms with E-state index in [-0.39, 0.29) is 5.69 Å². The molecule has 186 valence electrons. The van der Waals surface area contributed by atoms with Crippen LogP contribution in [0.2, 0.25) is 0 Å². The molecule has 3 nitrogen and oxygen atoms in total. The Balaban J connectivity index is 0.000000303. The summed E-state index contributed by atoms with van der Waals surface area (Å²) in [6.45, 7) is 11.8. The zero-order chi connectivity index (χ0) is 26.4. The van der Waals surface area contributed by atoms with Crippen LogP contribution in [0.3, 0.4) is 0 Å². The van der Waals surface area contributed by atoms with E-state index in [0.717, 1.165) is 27.4 Å². The zero-order valence-electron chi connectivity index (χ0n) is 19.8. The van der Waals surface area contributed by atoms with Gasteiger partial charge in [-0.25, -0.2) is 17.6 Å². The van der Waals surface area contributed by atoms with Crippen LogP contribution in [0.4, 0.5) is 23.2 Å². The monoisotopic (exact) mass is 557 g/mol. The van der Waals surface area contributed by atoms with Crippen LogP contribution in [0.1, 0.15) is 28.1 Å². The van der Waals surface area contributed by atoms with Crippen LogP contribution in [0.25, 0.3) is 11.8 Å². The van der Waals surface area contributed by atoms with E-state index in [1.165, 1.54) is 36.4 Å². The Morgan fingerprint density at radius 1 is 0.972 bits per heavy atom. The molecule has 0 aliphatic heterocycles. The van der Waals surface area contributed by atoms with Crippen molar-refractivity contribution in [2.45, 2.75) is 20.4 Å². The van der Waals surface area contributed by atoms with Gasteiger partial charge in [-0.15, -0.1) is 0 Å². The van der Waals surface area contributed by atoms with Crippen LogP contribution in [0.5, 0.6) is 0 Å². The van der Waals surface area contributed by atoms with Crippen LogP contribution >= 0.6 is 15.9 Å². The van der Waals surface area contributed by atoms with Gasteiger partial charge in [0.05, 0.1) is 12.2 Å². The smallest absolute Gasteiger partial charge is 0.149 e. The predicted octanol–water partition coefficient (Wildman–Crippen LogP) is 8.28. The Kier molecular flexibility index (Phi) is 8.88. The van der Waals surface area contributed by atoms with Gasteiger partial charge < -0.3 is 5.32 Å². The number of para-hydroxylation sites is 1. The summed E-state index contributed by atoms with van der Waals surface area (Å²) in [6, 6.07) is 15.0. The van der Waals surface area contributed by atoms with E-state index < -0.39 is 23.3 Å². The van der Waals surface area contributed by atoms with Gasteiger partial charge in [0.25, 0.3) is 0 Å². The lowest BCUT2D eigenvalue weighted by Gasteiger charge is -2.10. The Labute approximate surface area is 215 Å². The maximum atomic E-state index is 13.8. The predicted molar refractivity (Wildman–Crippen MR) is 140 cm³/mol. The van der Waals surface area contributed by atoms with Gasteiger partial charge in [0.1, 0.15) is 34.7 Å². The molecule has 3 aromatic carbocycles. The van der Waals surface area contributed by atoms with Gasteiger partial charge in [-0.3, -0.25) is 4.68 Å². The summed E-state index contributed by atoms with van der Waals surface area (Å²) >= 11 is 3.48. The maximum absolute atomic E-state index is 13.8. The minimum atomic E-state index is -0.674. The third kappa shape index (κ3) is 6.73. The molecule has 0 bridgehead atoms. The molecule has 0 fully saturated rings. The van der Waals surface area contributed by atoms with E-state index in [1.807, 2.05) is 36.7 Å². The van der Waals surface area contributed by atoms with E-state index in [1.54, 1.807) is 0 Å². The molecule has 0 radical (unpaired) electrons. The lowest BCUT2D eigenvalue weighted by atomic mass is 10.1. The summed E-state index contributed by atoms with van der Waals surface area (Å²) in [7, 11) is 0. The van der Waals surface area contributed by atoms with Crippen molar-refractivity contribution in [3.63, 3.8) is 0 Å². The summed E-state index contributed by atoms with van der Waals surface area (Å²) in [6.07, 6.45) is 1.34. The summed E-state index contributed by atoms with van der Waals surface area (Å²) in [5, 5.41) is 7.22. The van der Waals surface area contributed by atoms with Gasteiger partial charge in [-0.05, 0) is 67.4 Å². The fourth-order valence-corrected chi connectivity index (χ4v) is 3.70. The zero-order valence-corrected chi connectivity index (χ0v) is 21.3. The second-order valence-corrected chi connectivity index (χ2v) is 8.89. The minimum absolute atomic E-state index is 0.229. The highest BCUT2D eigenvalue weighted by molar-refractivity contribution is 9.10. The molecule has 1 heterocycles. The van der Waals surface area contributed by atoms with Crippen molar-refractivity contribution in [3.8, 4) is 0 Å². The number of aryl methyl sites for hydroxylation is 2. The number of anilines is 1. The highest BCUT2D eigenvalue weighted by Crippen LogP contribution is 2.24. The standard InChI is InChI=1S/C20H18BrF2N3.C8H6F2/c1-12-7-8-16(21)10-15(12)11-26-13(2)9-19(25-26)14(3)24-20-17(22)5-4-6-18(20)23;1-2-6-3-4-7(9)5-8(6)10/h4-10,24H,3,11H2,1-2H3;2-5H,1H2. The molecule has 4 rings (SSSR count). The normalized spacial score (nSPS) is 10.4. The molecule has 36 heavy (non-hydrogen) atoms. The summed E-state index contributed by atoms with van der Waals surface area (Å²) in [5.74, 6) is -2.49. The van der Waals surface area contributed by atoms with Crippen LogP contribution < -0.4 is 5.32 Å². The Morgan fingerprint density at radius 3 is 2.31 bits per heavy atom. The molecule has 0 amide bonds. The third-order valence-corrected chi connectivity index (χ3v) is 5.84. The van der Waals surface area contributed by atoms with E-state index in [2.05, 4.69) is 45.6 Å². The van der Waals surface area contributed by atoms with Gasteiger partial charge in [0.2, 0.25) is 0 Å². The summed E-state index contributed by atoms with van der Waals surface area (Å²) < 4.78 is 55.2.